The van der Waals surface area contributed by atoms with Gasteiger partial charge in [-0.3, -0.25) is 9.89 Å². The van der Waals surface area contributed by atoms with Gasteiger partial charge in [-0.2, -0.15) is 10.4 Å². The summed E-state index contributed by atoms with van der Waals surface area (Å²) >= 11 is 0. The number of hydrogen-bond acceptors (Lipinski definition) is 5. The zero-order chi connectivity index (χ0) is 23.0. The fraction of sp³-hybridized carbons (Fsp3) is 0.308. The van der Waals surface area contributed by atoms with E-state index in [1.54, 1.807) is 12.3 Å². The minimum atomic E-state index is 0.185. The van der Waals surface area contributed by atoms with E-state index in [2.05, 4.69) is 21.6 Å². The molecular weight excluding hydrogens is 412 g/mol. The van der Waals surface area contributed by atoms with Gasteiger partial charge in [0.2, 0.25) is 5.91 Å². The number of nitriles is 1. The number of amides is 1. The number of aryl methyl sites for hydroxylation is 1. The summed E-state index contributed by atoms with van der Waals surface area (Å²) in [5.74, 6) is 0.679. The largest absolute Gasteiger partial charge is 0.384 e. The van der Waals surface area contributed by atoms with Crippen LogP contribution >= 0.6 is 0 Å². The van der Waals surface area contributed by atoms with Gasteiger partial charge in [-0.15, -0.1) is 0 Å². The quantitative estimate of drug-likeness (QED) is 0.456. The number of aromatic amines is 1. The molecule has 2 heterocycles. The number of carbonyl (C=O) groups excluding carboxylic acids is 1. The minimum Gasteiger partial charge on any atom is -0.384 e. The molecule has 33 heavy (non-hydrogen) atoms. The van der Waals surface area contributed by atoms with E-state index in [9.17, 15) is 4.79 Å². The van der Waals surface area contributed by atoms with Gasteiger partial charge in [0.05, 0.1) is 17.8 Å². The van der Waals surface area contributed by atoms with Crippen molar-refractivity contribution >= 4 is 17.8 Å². The van der Waals surface area contributed by atoms with Gasteiger partial charge >= 0.3 is 0 Å². The van der Waals surface area contributed by atoms with Crippen molar-refractivity contribution in [3.8, 4) is 17.2 Å². The van der Waals surface area contributed by atoms with Crippen LogP contribution in [0.3, 0.4) is 0 Å². The molecule has 4 rings (SSSR count). The molecule has 1 fully saturated rings. The summed E-state index contributed by atoms with van der Waals surface area (Å²) in [5, 5.41) is 27.1. The molecule has 1 aromatic heterocycles. The molecule has 0 spiro atoms. The normalized spacial score (nSPS) is 14.0. The molecule has 1 amide bonds. The fourth-order valence-corrected chi connectivity index (χ4v) is 4.28. The van der Waals surface area contributed by atoms with Crippen molar-refractivity contribution in [1.29, 1.82) is 10.7 Å². The lowest BCUT2D eigenvalue weighted by molar-refractivity contribution is -0.132. The predicted octanol–water partition coefficient (Wildman–Crippen LogP) is 4.23. The minimum absolute atomic E-state index is 0.185. The van der Waals surface area contributed by atoms with Gasteiger partial charge in [0.25, 0.3) is 0 Å². The van der Waals surface area contributed by atoms with E-state index in [1.165, 1.54) is 6.21 Å². The third-order valence-electron chi connectivity index (χ3n) is 6.27. The van der Waals surface area contributed by atoms with Crippen molar-refractivity contribution in [2.45, 2.75) is 25.7 Å². The third kappa shape index (κ3) is 5.66. The SMILES string of the molecule is N#Cc1cccc(CCC(=O)N2CCC(CNc3ccc(-c4cn[nH]c4)cc3C=N)CC2)c1. The molecule has 0 unspecified atom stereocenters. The number of H-pyrrole nitrogens is 1. The average Bonchev–Trinajstić information content (AvgIpc) is 3.41. The Morgan fingerprint density at radius 3 is 2.82 bits per heavy atom. The molecule has 1 aliphatic heterocycles. The van der Waals surface area contributed by atoms with Crippen LogP contribution in [0.5, 0.6) is 0 Å². The van der Waals surface area contributed by atoms with Crippen LogP contribution in [0.2, 0.25) is 0 Å². The number of nitrogens with zero attached hydrogens (tertiary/aromatic N) is 3. The van der Waals surface area contributed by atoms with Crippen molar-refractivity contribution < 1.29 is 4.79 Å². The fourth-order valence-electron chi connectivity index (χ4n) is 4.28. The zero-order valence-corrected chi connectivity index (χ0v) is 18.6. The first kappa shape index (κ1) is 22.3. The standard InChI is InChI=1S/C26H28N6O/c27-14-21-3-1-2-19(12-21)4-7-26(33)32-10-8-20(9-11-32)16-29-25-6-5-22(13-23(25)15-28)24-17-30-31-18-24/h1-3,5-6,12-13,15,17-18,20,28-29H,4,7-11,16H2,(H,30,31). The summed E-state index contributed by atoms with van der Waals surface area (Å²) in [6.07, 6.45) is 8.06. The maximum absolute atomic E-state index is 12.6. The smallest absolute Gasteiger partial charge is 0.222 e. The lowest BCUT2D eigenvalue weighted by Gasteiger charge is -2.32. The monoisotopic (exact) mass is 440 g/mol. The van der Waals surface area contributed by atoms with E-state index in [1.807, 2.05) is 47.5 Å². The Hall–Kier alpha value is -3.92. The molecule has 0 aliphatic carbocycles. The summed E-state index contributed by atoms with van der Waals surface area (Å²) in [6.45, 7) is 2.38. The van der Waals surface area contributed by atoms with Crippen LogP contribution in [0.15, 0.2) is 54.9 Å². The first-order valence-electron chi connectivity index (χ1n) is 11.3. The van der Waals surface area contributed by atoms with E-state index in [-0.39, 0.29) is 5.91 Å². The van der Waals surface area contributed by atoms with Crippen LogP contribution in [0.4, 0.5) is 5.69 Å². The topological polar surface area (TPSA) is 109 Å². The van der Waals surface area contributed by atoms with Gasteiger partial charge in [0.15, 0.2) is 0 Å². The second-order valence-corrected chi connectivity index (χ2v) is 8.45. The molecule has 7 nitrogen and oxygen atoms in total. The maximum atomic E-state index is 12.6. The number of aromatic nitrogens is 2. The van der Waals surface area contributed by atoms with E-state index >= 15 is 0 Å². The first-order chi connectivity index (χ1) is 16.2. The van der Waals surface area contributed by atoms with Crippen LogP contribution in [0, 0.1) is 22.7 Å². The van der Waals surface area contributed by atoms with Crippen LogP contribution in [0.25, 0.3) is 11.1 Å². The molecule has 2 aromatic carbocycles. The molecule has 0 radical (unpaired) electrons. The molecule has 1 saturated heterocycles. The van der Waals surface area contributed by atoms with Gasteiger partial charge in [-0.25, -0.2) is 0 Å². The third-order valence-corrected chi connectivity index (χ3v) is 6.27. The van der Waals surface area contributed by atoms with Gasteiger partial charge < -0.3 is 15.6 Å². The number of hydrogen-bond donors (Lipinski definition) is 3. The summed E-state index contributed by atoms with van der Waals surface area (Å²) in [5.41, 5.74) is 5.49. The molecule has 0 bridgehead atoms. The molecule has 3 aromatic rings. The summed E-state index contributed by atoms with van der Waals surface area (Å²) in [4.78, 5) is 14.6. The number of anilines is 1. The summed E-state index contributed by atoms with van der Waals surface area (Å²) in [7, 11) is 0. The van der Waals surface area contributed by atoms with Crippen molar-refractivity contribution in [2.75, 3.05) is 25.0 Å². The molecule has 1 aliphatic rings. The highest BCUT2D eigenvalue weighted by Gasteiger charge is 2.22. The highest BCUT2D eigenvalue weighted by Crippen LogP contribution is 2.25. The van der Waals surface area contributed by atoms with E-state index in [0.717, 1.165) is 60.4 Å². The lowest BCUT2D eigenvalue weighted by atomic mass is 9.95. The Bertz CT molecular complexity index is 1140. The number of rotatable bonds is 8. The summed E-state index contributed by atoms with van der Waals surface area (Å²) < 4.78 is 0. The van der Waals surface area contributed by atoms with Gasteiger partial charge in [-0.05, 0) is 60.6 Å². The van der Waals surface area contributed by atoms with Crippen LogP contribution in [-0.2, 0) is 11.2 Å². The van der Waals surface area contributed by atoms with Crippen molar-refractivity contribution in [1.82, 2.24) is 15.1 Å². The van der Waals surface area contributed by atoms with E-state index in [4.69, 9.17) is 10.7 Å². The van der Waals surface area contributed by atoms with Crippen molar-refractivity contribution in [3.05, 3.63) is 71.5 Å². The summed E-state index contributed by atoms with van der Waals surface area (Å²) in [6, 6.07) is 15.7. The van der Waals surface area contributed by atoms with Crippen LogP contribution in [0.1, 0.15) is 36.0 Å². The second-order valence-electron chi connectivity index (χ2n) is 8.45. The Kier molecular flexibility index (Phi) is 7.16. The van der Waals surface area contributed by atoms with Crippen molar-refractivity contribution in [2.24, 2.45) is 5.92 Å². The number of carbonyl (C=O) groups is 1. The molecular formula is C26H28N6O. The molecule has 3 N–H and O–H groups in total. The second kappa shape index (κ2) is 10.6. The maximum Gasteiger partial charge on any atom is 0.222 e. The van der Waals surface area contributed by atoms with Crippen LogP contribution in [-0.4, -0.2) is 46.9 Å². The Balaban J connectivity index is 1.24. The number of likely N-dealkylation sites (tertiary alicyclic amines) is 1. The molecule has 168 valence electrons. The Labute approximate surface area is 194 Å². The van der Waals surface area contributed by atoms with Gasteiger partial charge in [-0.1, -0.05) is 18.2 Å². The highest BCUT2D eigenvalue weighted by atomic mass is 16.2. The lowest BCUT2D eigenvalue weighted by Crippen LogP contribution is -2.40. The van der Waals surface area contributed by atoms with Crippen molar-refractivity contribution in [3.63, 3.8) is 0 Å². The number of piperidine rings is 1. The highest BCUT2D eigenvalue weighted by molar-refractivity contribution is 5.88. The molecule has 0 saturated carbocycles. The number of nitrogens with one attached hydrogen (secondary N) is 3. The first-order valence-corrected chi connectivity index (χ1v) is 11.3. The molecule has 7 heteroatoms. The van der Waals surface area contributed by atoms with E-state index in [0.29, 0.717) is 24.3 Å². The number of benzene rings is 2. The van der Waals surface area contributed by atoms with E-state index < -0.39 is 0 Å². The predicted molar refractivity (Wildman–Crippen MR) is 129 cm³/mol. The molecule has 0 atom stereocenters. The zero-order valence-electron chi connectivity index (χ0n) is 18.6. The Morgan fingerprint density at radius 2 is 2.09 bits per heavy atom. The van der Waals surface area contributed by atoms with Gasteiger partial charge in [0.1, 0.15) is 0 Å². The van der Waals surface area contributed by atoms with Crippen LogP contribution < -0.4 is 5.32 Å². The Morgan fingerprint density at radius 1 is 1.24 bits per heavy atom. The van der Waals surface area contributed by atoms with Gasteiger partial charge in [0, 0.05) is 55.3 Å². The average molecular weight is 441 g/mol.